The zero-order valence-corrected chi connectivity index (χ0v) is 18.9. The summed E-state index contributed by atoms with van der Waals surface area (Å²) in [5, 5.41) is 13.7. The number of carboxylic acid groups (broad SMARTS) is 1. The zero-order chi connectivity index (χ0) is 22.7. The Labute approximate surface area is 192 Å². The van der Waals surface area contributed by atoms with E-state index in [1.54, 1.807) is 12.1 Å². The third kappa shape index (κ3) is 5.29. The fraction of sp³-hybridized carbons (Fsp3) is 0.375. The second-order valence-corrected chi connectivity index (χ2v) is 8.73. The summed E-state index contributed by atoms with van der Waals surface area (Å²) in [6, 6.07) is 13.4. The largest absolute Gasteiger partial charge is 0.489 e. The van der Waals surface area contributed by atoms with Gasteiger partial charge in [0.25, 0.3) is 5.89 Å². The maximum atomic E-state index is 11.1. The van der Waals surface area contributed by atoms with Gasteiger partial charge in [-0.25, -0.2) is 0 Å². The Bertz CT molecular complexity index is 1070. The van der Waals surface area contributed by atoms with E-state index in [2.05, 4.69) is 15.0 Å². The molecular formula is C24H26ClN3O4. The van der Waals surface area contributed by atoms with E-state index in [9.17, 15) is 4.79 Å². The van der Waals surface area contributed by atoms with E-state index in [0.29, 0.717) is 35.3 Å². The second-order valence-electron chi connectivity index (χ2n) is 8.32. The predicted molar refractivity (Wildman–Crippen MR) is 122 cm³/mol. The van der Waals surface area contributed by atoms with Gasteiger partial charge in [0.1, 0.15) is 5.75 Å². The van der Waals surface area contributed by atoms with E-state index in [4.69, 9.17) is 26.0 Å². The molecule has 0 aliphatic carbocycles. The lowest BCUT2D eigenvalue weighted by atomic mass is 9.97. The van der Waals surface area contributed by atoms with Gasteiger partial charge in [-0.1, -0.05) is 41.0 Å². The fourth-order valence-electron chi connectivity index (χ4n) is 3.80. The first-order valence-corrected chi connectivity index (χ1v) is 11.1. The van der Waals surface area contributed by atoms with Crippen molar-refractivity contribution >= 4 is 17.6 Å². The molecule has 0 bridgehead atoms. The number of halogens is 1. The molecule has 2 aromatic carbocycles. The van der Waals surface area contributed by atoms with Gasteiger partial charge in [-0.2, -0.15) is 4.98 Å². The molecule has 7 nitrogen and oxygen atoms in total. The van der Waals surface area contributed by atoms with Gasteiger partial charge in [0, 0.05) is 17.7 Å². The predicted octanol–water partition coefficient (Wildman–Crippen LogP) is 5.14. The first-order valence-electron chi connectivity index (χ1n) is 10.7. The maximum Gasteiger partial charge on any atom is 0.306 e. The minimum atomic E-state index is -0.685. The lowest BCUT2D eigenvalue weighted by Gasteiger charge is -2.30. The van der Waals surface area contributed by atoms with Gasteiger partial charge in [-0.15, -0.1) is 0 Å². The standard InChI is InChI=1S/C24H26ClN3O4/c1-15(2)31-21-8-7-19(13-20(21)25)23-26-22(27-32-23)17-5-3-16(4-6-17)14-28-11-9-18(10-12-28)24(29)30/h3-8,13,15,18H,9-12,14H2,1-2H3,(H,29,30). The van der Waals surface area contributed by atoms with Gasteiger partial charge in [0.05, 0.1) is 17.0 Å². The summed E-state index contributed by atoms with van der Waals surface area (Å²) in [7, 11) is 0. The molecule has 32 heavy (non-hydrogen) atoms. The summed E-state index contributed by atoms with van der Waals surface area (Å²) in [4.78, 5) is 17.9. The highest BCUT2D eigenvalue weighted by Crippen LogP contribution is 2.31. The van der Waals surface area contributed by atoms with Crippen molar-refractivity contribution < 1.29 is 19.2 Å². The van der Waals surface area contributed by atoms with Crippen LogP contribution in [-0.4, -0.2) is 45.3 Å². The molecule has 1 aromatic heterocycles. The number of benzene rings is 2. The molecule has 168 valence electrons. The first-order chi connectivity index (χ1) is 15.4. The van der Waals surface area contributed by atoms with Crippen molar-refractivity contribution in [2.75, 3.05) is 13.1 Å². The molecule has 0 atom stereocenters. The highest BCUT2D eigenvalue weighted by Gasteiger charge is 2.24. The highest BCUT2D eigenvalue weighted by atomic mass is 35.5. The van der Waals surface area contributed by atoms with Gasteiger partial charge in [0.15, 0.2) is 0 Å². The van der Waals surface area contributed by atoms with E-state index in [1.165, 1.54) is 5.56 Å². The monoisotopic (exact) mass is 455 g/mol. The molecule has 3 aromatic rings. The second kappa shape index (κ2) is 9.71. The average Bonchev–Trinajstić information content (AvgIpc) is 3.26. The molecule has 1 N–H and O–H groups in total. The third-order valence-corrected chi connectivity index (χ3v) is 5.82. The van der Waals surface area contributed by atoms with Crippen molar-refractivity contribution in [2.24, 2.45) is 5.92 Å². The van der Waals surface area contributed by atoms with Crippen LogP contribution in [0.25, 0.3) is 22.8 Å². The number of likely N-dealkylation sites (tertiary alicyclic amines) is 1. The van der Waals surface area contributed by atoms with Crippen LogP contribution in [0.15, 0.2) is 47.0 Å². The minimum Gasteiger partial charge on any atom is -0.489 e. The van der Waals surface area contributed by atoms with E-state index in [1.807, 2.05) is 44.2 Å². The van der Waals surface area contributed by atoms with Crippen molar-refractivity contribution in [3.63, 3.8) is 0 Å². The number of aromatic nitrogens is 2. The number of rotatable bonds is 7. The molecule has 4 rings (SSSR count). The van der Waals surface area contributed by atoms with Crippen LogP contribution in [-0.2, 0) is 11.3 Å². The van der Waals surface area contributed by atoms with Crippen molar-refractivity contribution in [3.05, 3.63) is 53.1 Å². The van der Waals surface area contributed by atoms with Crippen LogP contribution in [0.5, 0.6) is 5.75 Å². The summed E-state index contributed by atoms with van der Waals surface area (Å²) in [6.07, 6.45) is 1.44. The van der Waals surface area contributed by atoms with Crippen LogP contribution in [0.3, 0.4) is 0 Å². The lowest BCUT2D eigenvalue weighted by molar-refractivity contribution is -0.143. The number of hydrogen-bond donors (Lipinski definition) is 1. The Morgan fingerprint density at radius 1 is 1.19 bits per heavy atom. The maximum absolute atomic E-state index is 11.1. The van der Waals surface area contributed by atoms with Gasteiger partial charge in [-0.05, 0) is 63.5 Å². The Morgan fingerprint density at radius 2 is 1.88 bits per heavy atom. The van der Waals surface area contributed by atoms with Crippen LogP contribution >= 0.6 is 11.6 Å². The average molecular weight is 456 g/mol. The molecule has 0 radical (unpaired) electrons. The Balaban J connectivity index is 1.40. The quantitative estimate of drug-likeness (QED) is 0.527. The van der Waals surface area contributed by atoms with Crippen molar-refractivity contribution in [1.29, 1.82) is 0 Å². The van der Waals surface area contributed by atoms with Crippen LogP contribution in [0.1, 0.15) is 32.3 Å². The summed E-state index contributed by atoms with van der Waals surface area (Å²) in [6.45, 7) is 6.29. The minimum absolute atomic E-state index is 0.0351. The molecule has 0 spiro atoms. The molecule has 1 fully saturated rings. The van der Waals surface area contributed by atoms with Crippen molar-refractivity contribution in [1.82, 2.24) is 15.0 Å². The molecule has 2 heterocycles. The molecule has 1 aliphatic heterocycles. The van der Waals surface area contributed by atoms with Crippen molar-refractivity contribution in [2.45, 2.75) is 39.3 Å². The number of ether oxygens (including phenoxy) is 1. The van der Waals surface area contributed by atoms with E-state index >= 15 is 0 Å². The Morgan fingerprint density at radius 3 is 2.50 bits per heavy atom. The molecule has 0 saturated carbocycles. The molecular weight excluding hydrogens is 430 g/mol. The topological polar surface area (TPSA) is 88.7 Å². The van der Waals surface area contributed by atoms with Gasteiger partial charge in [0.2, 0.25) is 5.82 Å². The lowest BCUT2D eigenvalue weighted by Crippen LogP contribution is -2.35. The number of carbonyl (C=O) groups is 1. The van der Waals surface area contributed by atoms with Gasteiger partial charge in [-0.3, -0.25) is 9.69 Å². The smallest absolute Gasteiger partial charge is 0.306 e. The highest BCUT2D eigenvalue weighted by molar-refractivity contribution is 6.32. The summed E-state index contributed by atoms with van der Waals surface area (Å²) in [5.41, 5.74) is 2.75. The van der Waals surface area contributed by atoms with E-state index in [0.717, 1.165) is 30.8 Å². The Kier molecular flexibility index (Phi) is 6.77. The fourth-order valence-corrected chi connectivity index (χ4v) is 4.02. The van der Waals surface area contributed by atoms with Crippen LogP contribution < -0.4 is 4.74 Å². The zero-order valence-electron chi connectivity index (χ0n) is 18.1. The van der Waals surface area contributed by atoms with Crippen LogP contribution in [0.4, 0.5) is 0 Å². The van der Waals surface area contributed by atoms with E-state index < -0.39 is 5.97 Å². The normalized spacial score (nSPS) is 15.2. The molecule has 1 saturated heterocycles. The first kappa shape index (κ1) is 22.3. The number of aliphatic carboxylic acids is 1. The third-order valence-electron chi connectivity index (χ3n) is 5.52. The molecule has 0 unspecified atom stereocenters. The molecule has 1 aliphatic rings. The van der Waals surface area contributed by atoms with Crippen molar-refractivity contribution in [3.8, 4) is 28.6 Å². The van der Waals surface area contributed by atoms with Crippen LogP contribution in [0.2, 0.25) is 5.02 Å². The number of carboxylic acids is 1. The number of piperidine rings is 1. The number of nitrogens with zero attached hydrogens (tertiary/aromatic N) is 3. The molecule has 8 heteroatoms. The van der Waals surface area contributed by atoms with E-state index in [-0.39, 0.29) is 12.0 Å². The summed E-state index contributed by atoms with van der Waals surface area (Å²) >= 11 is 6.32. The van der Waals surface area contributed by atoms with Gasteiger partial charge >= 0.3 is 5.97 Å². The van der Waals surface area contributed by atoms with Gasteiger partial charge < -0.3 is 14.4 Å². The SMILES string of the molecule is CC(C)Oc1ccc(-c2nc(-c3ccc(CN4CCC(C(=O)O)CC4)cc3)no2)cc1Cl. The molecule has 0 amide bonds. The Hall–Kier alpha value is -2.90. The summed E-state index contributed by atoms with van der Waals surface area (Å²) < 4.78 is 11.1. The van der Waals surface area contributed by atoms with Crippen LogP contribution in [0, 0.1) is 5.92 Å². The summed E-state index contributed by atoms with van der Waals surface area (Å²) in [5.74, 6) is 0.620. The number of hydrogen-bond acceptors (Lipinski definition) is 6.